The zero-order chi connectivity index (χ0) is 15.8. The Hall–Kier alpha value is -1.79. The van der Waals surface area contributed by atoms with Gasteiger partial charge in [-0.2, -0.15) is 0 Å². The number of rotatable bonds is 8. The van der Waals surface area contributed by atoms with Crippen molar-refractivity contribution in [2.75, 3.05) is 34.4 Å². The summed E-state index contributed by atoms with van der Waals surface area (Å²) in [7, 11) is 4.96. The minimum atomic E-state index is -0.715. The second kappa shape index (κ2) is 8.49. The van der Waals surface area contributed by atoms with Crippen molar-refractivity contribution >= 4 is 5.91 Å². The number of aliphatic hydroxyl groups excluding tert-OH is 1. The maximum absolute atomic E-state index is 11.7. The summed E-state index contributed by atoms with van der Waals surface area (Å²) in [4.78, 5) is 13.2. The molecule has 21 heavy (non-hydrogen) atoms. The van der Waals surface area contributed by atoms with Crippen LogP contribution in [0.2, 0.25) is 0 Å². The lowest BCUT2D eigenvalue weighted by Crippen LogP contribution is -2.45. The molecule has 0 aliphatic carbocycles. The van der Waals surface area contributed by atoms with Gasteiger partial charge in [-0.25, -0.2) is 0 Å². The Morgan fingerprint density at radius 3 is 2.52 bits per heavy atom. The van der Waals surface area contributed by atoms with E-state index in [1.54, 1.807) is 40.3 Å². The summed E-state index contributed by atoms with van der Waals surface area (Å²) in [6.45, 7) is 2.16. The number of methoxy groups -OCH3 is 1. The van der Waals surface area contributed by atoms with Crippen LogP contribution in [0.25, 0.3) is 0 Å². The largest absolute Gasteiger partial charge is 0.493 e. The molecule has 6 nitrogen and oxygen atoms in total. The van der Waals surface area contributed by atoms with E-state index in [1.807, 2.05) is 12.1 Å². The maximum Gasteiger partial charge on any atom is 0.238 e. The molecule has 1 aromatic carbocycles. The Kier molecular flexibility index (Phi) is 6.98. The summed E-state index contributed by atoms with van der Waals surface area (Å²) in [5, 5.41) is 12.9. The van der Waals surface area contributed by atoms with Crippen molar-refractivity contribution in [3.8, 4) is 11.5 Å². The lowest BCUT2D eigenvalue weighted by atomic mass is 10.2. The van der Waals surface area contributed by atoms with Crippen molar-refractivity contribution in [3.63, 3.8) is 0 Å². The number of amides is 1. The Labute approximate surface area is 125 Å². The average Bonchev–Trinajstić information content (AvgIpc) is 2.49. The van der Waals surface area contributed by atoms with Crippen LogP contribution in [0.5, 0.6) is 11.5 Å². The first-order valence-electron chi connectivity index (χ1n) is 6.84. The van der Waals surface area contributed by atoms with E-state index in [0.717, 1.165) is 0 Å². The van der Waals surface area contributed by atoms with Gasteiger partial charge in [0.15, 0.2) is 11.5 Å². The van der Waals surface area contributed by atoms with Gasteiger partial charge in [0, 0.05) is 20.6 Å². The molecule has 0 saturated heterocycles. The third-order valence-corrected chi connectivity index (χ3v) is 2.97. The van der Waals surface area contributed by atoms with Gasteiger partial charge >= 0.3 is 0 Å². The summed E-state index contributed by atoms with van der Waals surface area (Å²) in [6.07, 6.45) is -0.715. The molecule has 2 atom stereocenters. The van der Waals surface area contributed by atoms with Crippen molar-refractivity contribution in [1.82, 2.24) is 10.2 Å². The van der Waals surface area contributed by atoms with Gasteiger partial charge in [-0.1, -0.05) is 12.1 Å². The van der Waals surface area contributed by atoms with Crippen LogP contribution in [0, 0.1) is 0 Å². The minimum Gasteiger partial charge on any atom is -0.493 e. The molecule has 6 heteroatoms. The zero-order valence-corrected chi connectivity index (χ0v) is 13.0. The van der Waals surface area contributed by atoms with Gasteiger partial charge in [0.25, 0.3) is 0 Å². The summed E-state index contributed by atoms with van der Waals surface area (Å²) in [6, 6.07) is 6.90. The van der Waals surface area contributed by atoms with Crippen molar-refractivity contribution in [1.29, 1.82) is 0 Å². The van der Waals surface area contributed by atoms with Crippen LogP contribution in [-0.2, 0) is 4.79 Å². The number of aliphatic hydroxyl groups is 1. The highest BCUT2D eigenvalue weighted by atomic mass is 16.5. The van der Waals surface area contributed by atoms with Crippen molar-refractivity contribution < 1.29 is 19.4 Å². The van der Waals surface area contributed by atoms with E-state index in [-0.39, 0.29) is 25.1 Å². The Balaban J connectivity index is 2.37. The van der Waals surface area contributed by atoms with Crippen LogP contribution in [0.3, 0.4) is 0 Å². The summed E-state index contributed by atoms with van der Waals surface area (Å²) >= 11 is 0. The van der Waals surface area contributed by atoms with Gasteiger partial charge < -0.3 is 24.8 Å². The van der Waals surface area contributed by atoms with Gasteiger partial charge in [-0.15, -0.1) is 0 Å². The van der Waals surface area contributed by atoms with Crippen LogP contribution < -0.4 is 14.8 Å². The van der Waals surface area contributed by atoms with Crippen molar-refractivity contribution in [2.45, 2.75) is 19.1 Å². The molecule has 2 N–H and O–H groups in total. The highest BCUT2D eigenvalue weighted by Crippen LogP contribution is 2.25. The third kappa shape index (κ3) is 5.61. The first kappa shape index (κ1) is 17.3. The molecule has 2 unspecified atom stereocenters. The molecule has 1 aromatic rings. The lowest BCUT2D eigenvalue weighted by Gasteiger charge is -2.20. The zero-order valence-electron chi connectivity index (χ0n) is 13.0. The Bertz CT molecular complexity index is 451. The van der Waals surface area contributed by atoms with Crippen molar-refractivity contribution in [2.24, 2.45) is 0 Å². The summed E-state index contributed by atoms with van der Waals surface area (Å²) in [5.41, 5.74) is 0. The fourth-order valence-electron chi connectivity index (χ4n) is 1.77. The number of carbonyl (C=O) groups excluding carboxylic acids is 1. The first-order chi connectivity index (χ1) is 9.95. The average molecular weight is 296 g/mol. The van der Waals surface area contributed by atoms with E-state index in [4.69, 9.17) is 9.47 Å². The second-order valence-electron chi connectivity index (χ2n) is 4.98. The van der Waals surface area contributed by atoms with Crippen LogP contribution in [0.4, 0.5) is 0 Å². The quantitative estimate of drug-likeness (QED) is 0.731. The molecule has 0 aromatic heterocycles. The van der Waals surface area contributed by atoms with E-state index in [9.17, 15) is 9.90 Å². The number of ether oxygens (including phenoxy) is 2. The van der Waals surface area contributed by atoms with E-state index < -0.39 is 6.10 Å². The molecule has 1 amide bonds. The van der Waals surface area contributed by atoms with Gasteiger partial charge in [0.05, 0.1) is 13.2 Å². The standard InChI is InChI=1S/C15H24N2O4/c1-11(15(19)17(2)3)16-9-12(18)10-21-14-8-6-5-7-13(14)20-4/h5-8,11-12,16,18H,9-10H2,1-4H3. The van der Waals surface area contributed by atoms with Gasteiger partial charge in [0.2, 0.25) is 5.91 Å². The fraction of sp³-hybridized carbons (Fsp3) is 0.533. The number of nitrogens with zero attached hydrogens (tertiary/aromatic N) is 1. The highest BCUT2D eigenvalue weighted by Gasteiger charge is 2.16. The molecular formula is C15H24N2O4. The fourth-order valence-corrected chi connectivity index (χ4v) is 1.77. The number of hydrogen-bond donors (Lipinski definition) is 2. The molecule has 0 bridgehead atoms. The van der Waals surface area contributed by atoms with Crippen LogP contribution in [0.1, 0.15) is 6.92 Å². The molecule has 0 heterocycles. The number of hydrogen-bond acceptors (Lipinski definition) is 5. The number of nitrogens with one attached hydrogen (secondary N) is 1. The first-order valence-corrected chi connectivity index (χ1v) is 6.84. The Morgan fingerprint density at radius 1 is 1.33 bits per heavy atom. The summed E-state index contributed by atoms with van der Waals surface area (Å²) in [5.74, 6) is 1.16. The second-order valence-corrected chi connectivity index (χ2v) is 4.98. The normalized spacial score (nSPS) is 13.4. The molecule has 0 aliphatic heterocycles. The Morgan fingerprint density at radius 2 is 1.95 bits per heavy atom. The highest BCUT2D eigenvalue weighted by molar-refractivity contribution is 5.80. The molecule has 118 valence electrons. The van der Waals surface area contributed by atoms with Gasteiger partial charge in [0.1, 0.15) is 12.7 Å². The van der Waals surface area contributed by atoms with E-state index in [0.29, 0.717) is 11.5 Å². The molecule has 0 radical (unpaired) electrons. The summed E-state index contributed by atoms with van der Waals surface area (Å²) < 4.78 is 10.7. The maximum atomic E-state index is 11.7. The lowest BCUT2D eigenvalue weighted by molar-refractivity contribution is -0.130. The number of para-hydroxylation sites is 2. The number of likely N-dealkylation sites (N-methyl/N-ethyl adjacent to an activating group) is 1. The van der Waals surface area contributed by atoms with Gasteiger partial charge in [-0.3, -0.25) is 4.79 Å². The van der Waals surface area contributed by atoms with E-state index >= 15 is 0 Å². The molecule has 1 rings (SSSR count). The number of carbonyl (C=O) groups is 1. The predicted molar refractivity (Wildman–Crippen MR) is 80.7 cm³/mol. The van der Waals surface area contributed by atoms with Crippen LogP contribution in [-0.4, -0.2) is 62.4 Å². The monoisotopic (exact) mass is 296 g/mol. The van der Waals surface area contributed by atoms with Crippen LogP contribution in [0.15, 0.2) is 24.3 Å². The molecule has 0 saturated carbocycles. The third-order valence-electron chi connectivity index (χ3n) is 2.97. The predicted octanol–water partition coefficient (Wildman–Crippen LogP) is 0.501. The van der Waals surface area contributed by atoms with Crippen LogP contribution >= 0.6 is 0 Å². The van der Waals surface area contributed by atoms with E-state index in [2.05, 4.69) is 5.32 Å². The van der Waals surface area contributed by atoms with E-state index in [1.165, 1.54) is 4.90 Å². The minimum absolute atomic E-state index is 0.0344. The molecular weight excluding hydrogens is 272 g/mol. The van der Waals surface area contributed by atoms with Gasteiger partial charge in [-0.05, 0) is 19.1 Å². The van der Waals surface area contributed by atoms with Crippen molar-refractivity contribution in [3.05, 3.63) is 24.3 Å². The molecule has 0 fully saturated rings. The topological polar surface area (TPSA) is 71.0 Å². The molecule has 0 spiro atoms. The smallest absolute Gasteiger partial charge is 0.238 e. The molecule has 0 aliphatic rings. The number of benzene rings is 1. The SMILES string of the molecule is COc1ccccc1OCC(O)CNC(C)C(=O)N(C)C.